The number of cyclic esters (lactones) is 1. The number of β-amino-alcohol motifs (C(OH)–C–C–N with tert-alkyl or cyclic N) is 1. The van der Waals surface area contributed by atoms with E-state index in [-0.39, 0.29) is 12.6 Å². The lowest BCUT2D eigenvalue weighted by atomic mass is 9.95. The van der Waals surface area contributed by atoms with Crippen LogP contribution in [0.2, 0.25) is 0 Å². The zero-order valence-electron chi connectivity index (χ0n) is 19.2. The third-order valence-corrected chi connectivity index (χ3v) is 7.05. The van der Waals surface area contributed by atoms with Gasteiger partial charge in [0.05, 0.1) is 28.4 Å². The first-order valence-electron chi connectivity index (χ1n) is 11.6. The number of esters is 1. The fourth-order valence-electron chi connectivity index (χ4n) is 5.14. The van der Waals surface area contributed by atoms with Crippen molar-refractivity contribution in [3.8, 4) is 12.0 Å². The molecule has 0 aliphatic carbocycles. The number of ether oxygens (including phenoxy) is 1. The Kier molecular flexibility index (Phi) is 5.10. The largest absolute Gasteiger partial charge is 0.457 e. The van der Waals surface area contributed by atoms with Crippen LogP contribution in [0.5, 0.6) is 0 Å². The third-order valence-electron chi connectivity index (χ3n) is 7.05. The number of aliphatic hydroxyl groups is 1. The topological polar surface area (TPSA) is 104 Å². The Morgan fingerprint density at radius 1 is 1.26 bits per heavy atom. The van der Waals surface area contributed by atoms with Crippen LogP contribution in [-0.4, -0.2) is 43.6 Å². The Balaban J connectivity index is 1.22. The minimum atomic E-state index is -0.673. The molecule has 1 atom stereocenters. The Bertz CT molecular complexity index is 1530. The van der Waals surface area contributed by atoms with E-state index in [1.165, 1.54) is 0 Å². The lowest BCUT2D eigenvalue weighted by Gasteiger charge is -2.30. The monoisotopic (exact) mass is 465 g/mol. The summed E-state index contributed by atoms with van der Waals surface area (Å²) in [4.78, 5) is 23.4. The molecule has 0 saturated carbocycles. The molecule has 0 saturated heterocycles. The fraction of sp³-hybridized carbons (Fsp3) is 0.259. The van der Waals surface area contributed by atoms with E-state index >= 15 is 0 Å². The van der Waals surface area contributed by atoms with Crippen molar-refractivity contribution in [2.24, 2.45) is 0 Å². The summed E-state index contributed by atoms with van der Waals surface area (Å²) < 4.78 is 7.01. The van der Waals surface area contributed by atoms with Crippen molar-refractivity contribution in [1.29, 1.82) is 5.26 Å². The maximum atomic E-state index is 11.8. The lowest BCUT2D eigenvalue weighted by Crippen LogP contribution is -2.35. The first kappa shape index (κ1) is 21.5. The van der Waals surface area contributed by atoms with E-state index in [0.717, 1.165) is 51.8 Å². The summed E-state index contributed by atoms with van der Waals surface area (Å²) >= 11 is 0. The highest BCUT2D eigenvalue weighted by atomic mass is 16.5. The molecule has 2 aromatic heterocycles. The molecule has 0 bridgehead atoms. The predicted octanol–water partition coefficient (Wildman–Crippen LogP) is 3.36. The second-order valence-corrected chi connectivity index (χ2v) is 9.07. The van der Waals surface area contributed by atoms with Gasteiger partial charge in [-0.2, -0.15) is 5.26 Å². The van der Waals surface area contributed by atoms with Gasteiger partial charge in [0.1, 0.15) is 12.7 Å². The van der Waals surface area contributed by atoms with Gasteiger partial charge in [0.25, 0.3) is 0 Å². The molecule has 8 heteroatoms. The van der Waals surface area contributed by atoms with Crippen LogP contribution in [0.25, 0.3) is 16.9 Å². The number of hydrogen-bond donors (Lipinski definition) is 1. The number of aliphatic hydroxyl groups excluding tert-OH is 1. The van der Waals surface area contributed by atoms with E-state index in [1.807, 2.05) is 48.0 Å². The number of fused-ring (bicyclic) bond motifs is 3. The highest BCUT2D eigenvalue weighted by Crippen LogP contribution is 2.30. The lowest BCUT2D eigenvalue weighted by molar-refractivity contribution is 0.0535. The smallest absolute Gasteiger partial charge is 0.338 e. The van der Waals surface area contributed by atoms with E-state index < -0.39 is 6.10 Å². The molecule has 4 aromatic rings. The summed E-state index contributed by atoms with van der Waals surface area (Å²) in [5.74, 6) is 0.258. The summed E-state index contributed by atoms with van der Waals surface area (Å²) in [6.45, 7) is 4.09. The normalized spacial score (nSPS) is 16.0. The summed E-state index contributed by atoms with van der Waals surface area (Å²) in [6.07, 6.45) is 3.71. The summed E-state index contributed by atoms with van der Waals surface area (Å²) in [6, 6.07) is 13.6. The molecule has 1 unspecified atom stereocenters. The molecule has 0 spiro atoms. The average molecular weight is 466 g/mol. The van der Waals surface area contributed by atoms with Crippen molar-refractivity contribution in [3.63, 3.8) is 0 Å². The molecule has 0 radical (unpaired) electrons. The summed E-state index contributed by atoms with van der Waals surface area (Å²) in [5.41, 5.74) is 6.73. The minimum Gasteiger partial charge on any atom is -0.457 e. The first-order chi connectivity index (χ1) is 17.0. The Morgan fingerprint density at radius 2 is 2.11 bits per heavy atom. The standard InChI is InChI=1S/C27H23N5O3/c1-16-19(6-7-21-22(16)15-35-26(21)34)25(33)14-31-9-8-23-18(12-31)11-29-27(30-23)32-13-17(10-28)20-4-2-3-5-24(20)32/h2-7,11,13,25,33H,8-9,12,14-15H2,1H3. The molecule has 6 rings (SSSR count). The van der Waals surface area contributed by atoms with Crippen LogP contribution in [0.1, 0.15) is 50.0 Å². The van der Waals surface area contributed by atoms with E-state index in [2.05, 4.69) is 16.0 Å². The molecule has 0 fully saturated rings. The maximum Gasteiger partial charge on any atom is 0.338 e. The average Bonchev–Trinajstić information content (AvgIpc) is 3.45. The number of benzene rings is 2. The second kappa shape index (κ2) is 8.31. The van der Waals surface area contributed by atoms with Crippen molar-refractivity contribution >= 4 is 16.9 Å². The summed E-state index contributed by atoms with van der Waals surface area (Å²) in [5, 5.41) is 21.4. The molecule has 2 aliphatic heterocycles. The van der Waals surface area contributed by atoms with Gasteiger partial charge < -0.3 is 9.84 Å². The van der Waals surface area contributed by atoms with Gasteiger partial charge in [-0.3, -0.25) is 9.47 Å². The van der Waals surface area contributed by atoms with Gasteiger partial charge in [0.2, 0.25) is 5.95 Å². The number of aromatic nitrogens is 3. The first-order valence-corrected chi connectivity index (χ1v) is 11.6. The van der Waals surface area contributed by atoms with Crippen LogP contribution in [-0.2, 0) is 24.3 Å². The number of para-hydroxylation sites is 1. The van der Waals surface area contributed by atoms with Gasteiger partial charge in [0.15, 0.2) is 0 Å². The molecule has 1 N–H and O–H groups in total. The Hall–Kier alpha value is -4.06. The van der Waals surface area contributed by atoms with E-state index in [4.69, 9.17) is 9.72 Å². The molecule has 0 amide bonds. The number of rotatable bonds is 4. The predicted molar refractivity (Wildman–Crippen MR) is 128 cm³/mol. The van der Waals surface area contributed by atoms with Crippen LogP contribution in [0, 0.1) is 18.3 Å². The van der Waals surface area contributed by atoms with Crippen molar-refractivity contribution in [1.82, 2.24) is 19.4 Å². The van der Waals surface area contributed by atoms with Crippen LogP contribution < -0.4 is 0 Å². The Morgan fingerprint density at radius 3 is 2.97 bits per heavy atom. The fourth-order valence-corrected chi connectivity index (χ4v) is 5.14. The molecule has 2 aliphatic rings. The summed E-state index contributed by atoms with van der Waals surface area (Å²) in [7, 11) is 0. The van der Waals surface area contributed by atoms with Gasteiger partial charge in [-0.1, -0.05) is 24.3 Å². The van der Waals surface area contributed by atoms with E-state index in [1.54, 1.807) is 12.3 Å². The minimum absolute atomic E-state index is 0.268. The molecular weight excluding hydrogens is 442 g/mol. The van der Waals surface area contributed by atoms with Gasteiger partial charge in [0, 0.05) is 55.0 Å². The molecule has 2 aromatic carbocycles. The van der Waals surface area contributed by atoms with Gasteiger partial charge in [-0.15, -0.1) is 0 Å². The Labute approximate surface area is 202 Å². The van der Waals surface area contributed by atoms with Crippen LogP contribution in [0.4, 0.5) is 0 Å². The van der Waals surface area contributed by atoms with Crippen LogP contribution in [0.15, 0.2) is 48.8 Å². The van der Waals surface area contributed by atoms with Gasteiger partial charge in [-0.05, 0) is 30.2 Å². The SMILES string of the molecule is Cc1c(C(O)CN2CCc3nc(-n4cc(C#N)c5ccccc54)ncc3C2)ccc2c1COC2=O. The number of carbonyl (C=O) groups is 1. The zero-order valence-corrected chi connectivity index (χ0v) is 19.2. The molecular formula is C27H23N5O3. The molecule has 174 valence electrons. The molecule has 4 heterocycles. The highest BCUT2D eigenvalue weighted by molar-refractivity contribution is 5.94. The van der Waals surface area contributed by atoms with Crippen molar-refractivity contribution < 1.29 is 14.6 Å². The second-order valence-electron chi connectivity index (χ2n) is 9.07. The third kappa shape index (κ3) is 3.57. The van der Waals surface area contributed by atoms with Crippen molar-refractivity contribution in [2.75, 3.05) is 13.1 Å². The van der Waals surface area contributed by atoms with Crippen molar-refractivity contribution in [3.05, 3.63) is 87.9 Å². The number of carbonyl (C=O) groups excluding carboxylic acids is 1. The van der Waals surface area contributed by atoms with Crippen LogP contribution in [0.3, 0.4) is 0 Å². The van der Waals surface area contributed by atoms with E-state index in [0.29, 0.717) is 30.2 Å². The van der Waals surface area contributed by atoms with E-state index in [9.17, 15) is 15.2 Å². The molecule has 35 heavy (non-hydrogen) atoms. The molecule has 8 nitrogen and oxygen atoms in total. The quantitative estimate of drug-likeness (QED) is 0.461. The van der Waals surface area contributed by atoms with Gasteiger partial charge >= 0.3 is 5.97 Å². The van der Waals surface area contributed by atoms with Gasteiger partial charge in [-0.25, -0.2) is 14.8 Å². The number of nitriles is 1. The number of hydrogen-bond acceptors (Lipinski definition) is 7. The highest BCUT2D eigenvalue weighted by Gasteiger charge is 2.27. The van der Waals surface area contributed by atoms with Crippen molar-refractivity contribution in [2.45, 2.75) is 32.6 Å². The van der Waals surface area contributed by atoms with Crippen LogP contribution >= 0.6 is 0 Å². The number of nitrogens with zero attached hydrogens (tertiary/aromatic N) is 5. The maximum absolute atomic E-state index is 11.8. The zero-order chi connectivity index (χ0) is 24.1.